The molecule has 4 aromatic carbocycles. The summed E-state index contributed by atoms with van der Waals surface area (Å²) < 4.78 is 6.36. The average Bonchev–Trinajstić information content (AvgIpc) is 3.28. The van der Waals surface area contributed by atoms with E-state index in [0.29, 0.717) is 17.5 Å². The number of ether oxygens (including phenoxy) is 1. The van der Waals surface area contributed by atoms with Crippen molar-refractivity contribution in [2.45, 2.75) is 50.8 Å². The maximum Gasteiger partial charge on any atom is 0.262 e. The zero-order chi connectivity index (χ0) is 27.5. The van der Waals surface area contributed by atoms with Gasteiger partial charge in [0.1, 0.15) is 12.4 Å². The van der Waals surface area contributed by atoms with Crippen LogP contribution >= 0.6 is 23.4 Å². The topological polar surface area (TPSA) is 41.6 Å². The Morgan fingerprint density at radius 1 is 0.950 bits per heavy atom. The van der Waals surface area contributed by atoms with Crippen LogP contribution in [-0.4, -0.2) is 22.3 Å². The van der Waals surface area contributed by atoms with Crippen LogP contribution in [-0.2, 0) is 11.4 Å². The van der Waals surface area contributed by atoms with Crippen LogP contribution in [0, 0.1) is 5.92 Å². The molecule has 1 unspecified atom stereocenters. The lowest BCUT2D eigenvalue weighted by Crippen LogP contribution is -2.48. The zero-order valence-electron chi connectivity index (χ0n) is 22.6. The molecule has 0 aromatic heterocycles. The summed E-state index contributed by atoms with van der Waals surface area (Å²) >= 11 is 7.68. The van der Waals surface area contributed by atoms with E-state index in [1.165, 1.54) is 6.42 Å². The maximum absolute atomic E-state index is 14.2. The number of hydrogen-bond donors (Lipinski definition) is 1. The number of halogens is 1. The molecule has 1 aliphatic heterocycles. The molecular weight excluding hydrogens is 536 g/mol. The first-order chi connectivity index (χ1) is 19.6. The minimum Gasteiger partial charge on any atom is -0.488 e. The number of benzene rings is 4. The molecule has 1 saturated carbocycles. The number of nitrogens with one attached hydrogen (secondary N) is 1. The third-order valence-corrected chi connectivity index (χ3v) is 9.30. The Hall–Kier alpha value is -3.41. The molecule has 1 saturated heterocycles. The van der Waals surface area contributed by atoms with E-state index < -0.39 is 0 Å². The van der Waals surface area contributed by atoms with Gasteiger partial charge in [0.2, 0.25) is 0 Å². The lowest BCUT2D eigenvalue weighted by Gasteiger charge is -2.39. The molecule has 1 amide bonds. The zero-order valence-corrected chi connectivity index (χ0v) is 24.1. The summed E-state index contributed by atoms with van der Waals surface area (Å²) in [5.41, 5.74) is 2.81. The number of thioether (sulfide) groups is 1. The molecule has 6 heteroatoms. The van der Waals surface area contributed by atoms with Gasteiger partial charge in [-0.05, 0) is 71.5 Å². The molecule has 6 rings (SSSR count). The van der Waals surface area contributed by atoms with Gasteiger partial charge in [-0.2, -0.15) is 0 Å². The summed E-state index contributed by atoms with van der Waals surface area (Å²) in [6.45, 7) is 2.70. The predicted octanol–water partition coefficient (Wildman–Crippen LogP) is 8.96. The highest BCUT2D eigenvalue weighted by molar-refractivity contribution is 8.05. The Morgan fingerprint density at radius 2 is 1.70 bits per heavy atom. The highest BCUT2D eigenvalue weighted by Crippen LogP contribution is 2.43. The van der Waals surface area contributed by atoms with Crippen LogP contribution in [0.15, 0.2) is 95.9 Å². The number of nitrogens with zero attached hydrogens (tertiary/aromatic N) is 1. The van der Waals surface area contributed by atoms with Gasteiger partial charge in [0.15, 0.2) is 5.50 Å². The minimum atomic E-state index is -0.167. The molecule has 1 N–H and O–H groups in total. The minimum absolute atomic E-state index is 0.0915. The number of para-hydroxylation sites is 1. The number of rotatable bonds is 7. The number of amides is 1. The highest BCUT2D eigenvalue weighted by atomic mass is 35.5. The van der Waals surface area contributed by atoms with Crippen LogP contribution in [0.4, 0.5) is 5.69 Å². The van der Waals surface area contributed by atoms with E-state index in [9.17, 15) is 4.79 Å². The van der Waals surface area contributed by atoms with Crippen molar-refractivity contribution >= 4 is 51.8 Å². The van der Waals surface area contributed by atoms with Crippen LogP contribution < -0.4 is 10.1 Å². The van der Waals surface area contributed by atoms with Crippen molar-refractivity contribution in [1.29, 1.82) is 0 Å². The first-order valence-corrected chi connectivity index (χ1v) is 15.2. The van der Waals surface area contributed by atoms with Gasteiger partial charge < -0.3 is 15.0 Å². The molecule has 0 spiro atoms. The van der Waals surface area contributed by atoms with Gasteiger partial charge in [0.25, 0.3) is 5.91 Å². The predicted molar refractivity (Wildman–Crippen MR) is 167 cm³/mol. The number of hydrogen-bond acceptors (Lipinski definition) is 4. The Labute approximate surface area is 245 Å². The van der Waals surface area contributed by atoms with Gasteiger partial charge in [-0.15, -0.1) is 0 Å². The molecule has 4 nitrogen and oxygen atoms in total. The summed E-state index contributed by atoms with van der Waals surface area (Å²) in [6.07, 6.45) is 6.63. The smallest absolute Gasteiger partial charge is 0.262 e. The molecule has 2 aliphatic rings. The number of anilines is 1. The van der Waals surface area contributed by atoms with Crippen molar-refractivity contribution in [3.05, 3.63) is 112 Å². The first-order valence-electron chi connectivity index (χ1n) is 14.0. The van der Waals surface area contributed by atoms with E-state index in [1.807, 2.05) is 66.7 Å². The second kappa shape index (κ2) is 12.0. The highest BCUT2D eigenvalue weighted by Gasteiger charge is 2.43. The SMILES string of the molecule is C[C@H]1CCCC[C@H]1N1C(=O)/C(=C/c2c(OCc3ccc(Cl)cc3)ccc3ccccc23)SC1Nc1ccccc1. The number of fused-ring (bicyclic) bond motifs is 1. The van der Waals surface area contributed by atoms with Crippen molar-refractivity contribution in [1.82, 2.24) is 4.90 Å². The quantitative estimate of drug-likeness (QED) is 0.226. The fraction of sp³-hybridized carbons (Fsp3) is 0.265. The number of carbonyl (C=O) groups excluding carboxylic acids is 1. The Balaban J connectivity index is 1.37. The second-order valence-corrected chi connectivity index (χ2v) is 12.2. The summed E-state index contributed by atoms with van der Waals surface area (Å²) in [7, 11) is 0. The molecule has 0 radical (unpaired) electrons. The van der Waals surface area contributed by atoms with Gasteiger partial charge in [-0.3, -0.25) is 4.79 Å². The van der Waals surface area contributed by atoms with Crippen LogP contribution in [0.25, 0.3) is 16.8 Å². The molecule has 3 atom stereocenters. The average molecular weight is 569 g/mol. The van der Waals surface area contributed by atoms with Gasteiger partial charge in [0, 0.05) is 22.3 Å². The van der Waals surface area contributed by atoms with E-state index >= 15 is 0 Å². The molecule has 1 heterocycles. The molecular formula is C34H33ClN2O2S. The normalized spacial score (nSPS) is 22.1. The summed E-state index contributed by atoms with van der Waals surface area (Å²) in [5, 5.41) is 6.52. The van der Waals surface area contributed by atoms with Gasteiger partial charge >= 0.3 is 0 Å². The Kier molecular flexibility index (Phi) is 8.03. The van der Waals surface area contributed by atoms with E-state index in [2.05, 4.69) is 47.5 Å². The van der Waals surface area contributed by atoms with E-state index in [1.54, 1.807) is 11.8 Å². The fourth-order valence-electron chi connectivity index (χ4n) is 5.79. The lowest BCUT2D eigenvalue weighted by molar-refractivity contribution is -0.129. The summed E-state index contributed by atoms with van der Waals surface area (Å²) in [6, 6.07) is 30.4. The van der Waals surface area contributed by atoms with Crippen molar-refractivity contribution in [3.8, 4) is 5.75 Å². The monoisotopic (exact) mass is 568 g/mol. The maximum atomic E-state index is 14.2. The van der Waals surface area contributed by atoms with Gasteiger partial charge in [-0.25, -0.2) is 0 Å². The fourth-order valence-corrected chi connectivity index (χ4v) is 7.11. The van der Waals surface area contributed by atoms with Crippen molar-refractivity contribution in [2.75, 3.05) is 5.32 Å². The van der Waals surface area contributed by atoms with Crippen LogP contribution in [0.3, 0.4) is 0 Å². The Bertz CT molecular complexity index is 1520. The summed E-state index contributed by atoms with van der Waals surface area (Å²) in [4.78, 5) is 17.0. The van der Waals surface area contributed by atoms with Crippen molar-refractivity contribution < 1.29 is 9.53 Å². The molecule has 2 fully saturated rings. The third kappa shape index (κ3) is 5.72. The van der Waals surface area contributed by atoms with E-state index in [4.69, 9.17) is 16.3 Å². The van der Waals surface area contributed by atoms with Crippen LogP contribution in [0.5, 0.6) is 5.75 Å². The second-order valence-electron chi connectivity index (χ2n) is 10.6. The standard InChI is InChI=1S/C34H33ClN2O2S/c1-23-9-5-8-14-30(23)37-33(38)32(40-34(37)36-27-11-3-2-4-12-27)21-29-28-13-7-6-10-25(28)17-20-31(29)39-22-24-15-18-26(35)19-16-24/h2-4,6-7,10-13,15-21,23,30,34,36H,5,8-9,14,22H2,1H3/b32-21-/t23-,30+,34?/m0/s1. The summed E-state index contributed by atoms with van der Waals surface area (Å²) in [5.74, 6) is 1.31. The van der Waals surface area contributed by atoms with E-state index in [0.717, 1.165) is 57.5 Å². The molecule has 4 aromatic rings. The van der Waals surface area contributed by atoms with Gasteiger partial charge in [0.05, 0.1) is 4.91 Å². The third-order valence-electron chi connectivity index (χ3n) is 7.94. The lowest BCUT2D eigenvalue weighted by atomic mass is 9.85. The molecule has 40 heavy (non-hydrogen) atoms. The van der Waals surface area contributed by atoms with E-state index in [-0.39, 0.29) is 17.4 Å². The largest absolute Gasteiger partial charge is 0.488 e. The van der Waals surface area contributed by atoms with Crippen LogP contribution in [0.1, 0.15) is 43.7 Å². The van der Waals surface area contributed by atoms with Gasteiger partial charge in [-0.1, -0.05) is 104 Å². The molecule has 204 valence electrons. The van der Waals surface area contributed by atoms with Crippen LogP contribution in [0.2, 0.25) is 5.02 Å². The van der Waals surface area contributed by atoms with Crippen molar-refractivity contribution in [2.24, 2.45) is 5.92 Å². The number of carbonyl (C=O) groups is 1. The molecule has 1 aliphatic carbocycles. The Morgan fingerprint density at radius 3 is 2.50 bits per heavy atom. The molecule has 0 bridgehead atoms. The van der Waals surface area contributed by atoms with Crippen molar-refractivity contribution in [3.63, 3.8) is 0 Å². The first kappa shape index (κ1) is 26.8.